The normalized spacial score (nSPS) is 12.2. The van der Waals surface area contributed by atoms with Gasteiger partial charge in [0.25, 0.3) is 0 Å². The Kier molecular flexibility index (Phi) is 4.63. The van der Waals surface area contributed by atoms with Crippen LogP contribution in [0.2, 0.25) is 0 Å². The number of carbonyl (C=O) groups excluding carboxylic acids is 1. The lowest BCUT2D eigenvalue weighted by molar-refractivity contribution is -0.137. The molecule has 1 heterocycles. The summed E-state index contributed by atoms with van der Waals surface area (Å²) in [5.74, 6) is 0.239. The molecule has 142 valence electrons. The van der Waals surface area contributed by atoms with Crippen LogP contribution >= 0.6 is 0 Å². The maximum Gasteiger partial charge on any atom is 0.416 e. The zero-order chi connectivity index (χ0) is 19.8. The second-order valence-corrected chi connectivity index (χ2v) is 6.77. The highest BCUT2D eigenvalue weighted by Crippen LogP contribution is 2.34. The van der Waals surface area contributed by atoms with Crippen molar-refractivity contribution < 1.29 is 22.7 Å². The molecule has 1 aromatic heterocycles. The second-order valence-electron chi connectivity index (χ2n) is 6.77. The van der Waals surface area contributed by atoms with Gasteiger partial charge in [0.1, 0.15) is 5.75 Å². The van der Waals surface area contributed by atoms with Crippen LogP contribution in [0.25, 0.3) is 10.9 Å². The molecule has 7 heteroatoms. The summed E-state index contributed by atoms with van der Waals surface area (Å²) in [5, 5.41) is 3.41. The number of amides is 1. The van der Waals surface area contributed by atoms with Gasteiger partial charge in [-0.3, -0.25) is 4.79 Å². The first-order chi connectivity index (χ1) is 12.6. The molecule has 0 atom stereocenters. The first-order valence-corrected chi connectivity index (χ1v) is 8.27. The van der Waals surface area contributed by atoms with Gasteiger partial charge >= 0.3 is 6.18 Å². The quantitative estimate of drug-likeness (QED) is 0.665. The van der Waals surface area contributed by atoms with Crippen LogP contribution in [-0.2, 0) is 16.4 Å². The van der Waals surface area contributed by atoms with Crippen LogP contribution in [0, 0.1) is 0 Å². The predicted octanol–water partition coefficient (Wildman–Crippen LogP) is 5.11. The van der Waals surface area contributed by atoms with Gasteiger partial charge in [-0.05, 0) is 55.8 Å². The number of anilines is 1. The number of fused-ring (bicyclic) bond motifs is 1. The van der Waals surface area contributed by atoms with Crippen molar-refractivity contribution >= 4 is 22.5 Å². The molecule has 0 fully saturated rings. The summed E-state index contributed by atoms with van der Waals surface area (Å²) in [7, 11) is 1.55. The third kappa shape index (κ3) is 3.63. The number of hydrogen-bond acceptors (Lipinski definition) is 2. The lowest BCUT2D eigenvalue weighted by Gasteiger charge is -2.24. The zero-order valence-corrected chi connectivity index (χ0v) is 15.1. The Balaban J connectivity index is 1.92. The largest absolute Gasteiger partial charge is 0.497 e. The lowest BCUT2D eigenvalue weighted by atomic mass is 9.83. The highest BCUT2D eigenvalue weighted by atomic mass is 19.4. The molecule has 27 heavy (non-hydrogen) atoms. The Morgan fingerprint density at radius 2 is 1.85 bits per heavy atom. The van der Waals surface area contributed by atoms with Crippen molar-refractivity contribution in [3.05, 3.63) is 59.8 Å². The van der Waals surface area contributed by atoms with E-state index in [4.69, 9.17) is 4.74 Å². The third-order valence-corrected chi connectivity index (χ3v) is 4.58. The molecule has 0 unspecified atom stereocenters. The molecule has 2 N–H and O–H groups in total. The number of methoxy groups -OCH3 is 1. The number of halogens is 3. The van der Waals surface area contributed by atoms with Gasteiger partial charge in [-0.2, -0.15) is 13.2 Å². The van der Waals surface area contributed by atoms with Gasteiger partial charge in [-0.25, -0.2) is 0 Å². The molecule has 0 saturated heterocycles. The first kappa shape index (κ1) is 18.8. The first-order valence-electron chi connectivity index (χ1n) is 8.27. The van der Waals surface area contributed by atoms with Gasteiger partial charge in [0.05, 0.1) is 18.1 Å². The molecule has 3 rings (SSSR count). The topological polar surface area (TPSA) is 54.1 Å². The van der Waals surface area contributed by atoms with E-state index < -0.39 is 23.1 Å². The van der Waals surface area contributed by atoms with Crippen LogP contribution in [0.5, 0.6) is 5.75 Å². The van der Waals surface area contributed by atoms with Crippen LogP contribution in [0.4, 0.5) is 18.9 Å². The van der Waals surface area contributed by atoms with Crippen LogP contribution in [0.1, 0.15) is 25.0 Å². The molecule has 0 bridgehead atoms. The molecule has 0 spiro atoms. The van der Waals surface area contributed by atoms with Gasteiger partial charge in [0.15, 0.2) is 0 Å². The minimum absolute atomic E-state index is 0.0975. The summed E-state index contributed by atoms with van der Waals surface area (Å²) in [6.45, 7) is 3.44. The van der Waals surface area contributed by atoms with Crippen molar-refractivity contribution in [1.82, 2.24) is 4.98 Å². The smallest absolute Gasteiger partial charge is 0.416 e. The number of rotatable bonds is 4. The maximum atomic E-state index is 12.9. The van der Waals surface area contributed by atoms with E-state index >= 15 is 0 Å². The number of hydrogen-bond donors (Lipinski definition) is 2. The number of alkyl halides is 3. The van der Waals surface area contributed by atoms with Crippen molar-refractivity contribution in [1.29, 1.82) is 0 Å². The van der Waals surface area contributed by atoms with Crippen LogP contribution in [0.15, 0.2) is 48.7 Å². The molecule has 1 amide bonds. The average molecular weight is 376 g/mol. The molecular weight excluding hydrogens is 357 g/mol. The minimum Gasteiger partial charge on any atom is -0.497 e. The van der Waals surface area contributed by atoms with E-state index in [1.54, 1.807) is 33.2 Å². The van der Waals surface area contributed by atoms with Gasteiger partial charge in [-0.1, -0.05) is 6.07 Å². The maximum absolute atomic E-state index is 12.9. The molecular formula is C20H19F3N2O2. The van der Waals surface area contributed by atoms with Gasteiger partial charge in [0, 0.05) is 22.8 Å². The fourth-order valence-electron chi connectivity index (χ4n) is 2.93. The summed E-state index contributed by atoms with van der Waals surface area (Å²) in [6, 6.07) is 10.1. The fraction of sp³-hybridized carbons (Fsp3) is 0.250. The Morgan fingerprint density at radius 1 is 1.11 bits per heavy atom. The number of nitrogens with one attached hydrogen (secondary N) is 2. The van der Waals surface area contributed by atoms with E-state index in [0.717, 1.165) is 28.6 Å². The third-order valence-electron chi connectivity index (χ3n) is 4.58. The standard InChI is InChI=1S/C20H19F3N2O2/c1-19(2,16-11-24-17-8-7-14(27-3)10-15(16)17)18(26)25-13-6-4-5-12(9-13)20(21,22)23/h4-11,24H,1-3H3,(H,25,26). The number of aromatic nitrogens is 1. The van der Waals surface area contributed by atoms with Gasteiger partial charge < -0.3 is 15.0 Å². The van der Waals surface area contributed by atoms with E-state index in [9.17, 15) is 18.0 Å². The number of carbonyl (C=O) groups is 1. The summed E-state index contributed by atoms with van der Waals surface area (Å²) in [6.07, 6.45) is -2.74. The lowest BCUT2D eigenvalue weighted by Crippen LogP contribution is -2.34. The van der Waals surface area contributed by atoms with Gasteiger partial charge in [0.2, 0.25) is 5.91 Å². The van der Waals surface area contributed by atoms with Crippen LogP contribution in [0.3, 0.4) is 0 Å². The number of H-pyrrole nitrogens is 1. The van der Waals surface area contributed by atoms with Crippen LogP contribution < -0.4 is 10.1 Å². The highest BCUT2D eigenvalue weighted by Gasteiger charge is 2.34. The van der Waals surface area contributed by atoms with E-state index in [1.807, 2.05) is 12.1 Å². The summed E-state index contributed by atoms with van der Waals surface area (Å²) >= 11 is 0. The molecule has 0 aliphatic rings. The second kappa shape index (κ2) is 6.64. The number of aromatic amines is 1. The highest BCUT2D eigenvalue weighted by molar-refractivity contribution is 6.02. The molecule has 2 aromatic carbocycles. The van der Waals surface area contributed by atoms with E-state index in [1.165, 1.54) is 12.1 Å². The summed E-state index contributed by atoms with van der Waals surface area (Å²) < 4.78 is 43.9. The Labute approximate surface area is 154 Å². The SMILES string of the molecule is COc1ccc2[nH]cc(C(C)(C)C(=O)Nc3cccc(C(F)(F)F)c3)c2c1. The molecule has 0 radical (unpaired) electrons. The Morgan fingerprint density at radius 3 is 2.52 bits per heavy atom. The number of ether oxygens (including phenoxy) is 1. The Bertz CT molecular complexity index is 990. The monoisotopic (exact) mass is 376 g/mol. The van der Waals surface area contributed by atoms with E-state index in [2.05, 4.69) is 10.3 Å². The number of benzene rings is 2. The van der Waals surface area contributed by atoms with Crippen molar-refractivity contribution in [2.75, 3.05) is 12.4 Å². The molecule has 4 nitrogen and oxygen atoms in total. The van der Waals surface area contributed by atoms with Gasteiger partial charge in [-0.15, -0.1) is 0 Å². The average Bonchev–Trinajstić information content (AvgIpc) is 3.04. The van der Waals surface area contributed by atoms with Crippen LogP contribution in [-0.4, -0.2) is 18.0 Å². The van der Waals surface area contributed by atoms with Crippen molar-refractivity contribution in [3.63, 3.8) is 0 Å². The van der Waals surface area contributed by atoms with E-state index in [0.29, 0.717) is 5.75 Å². The van der Waals surface area contributed by atoms with E-state index in [-0.39, 0.29) is 5.69 Å². The molecule has 0 aliphatic carbocycles. The molecule has 3 aromatic rings. The Hall–Kier alpha value is -2.96. The fourth-order valence-corrected chi connectivity index (χ4v) is 2.93. The predicted molar refractivity (Wildman–Crippen MR) is 98.0 cm³/mol. The summed E-state index contributed by atoms with van der Waals surface area (Å²) in [4.78, 5) is 16.0. The molecule has 0 saturated carbocycles. The molecule has 0 aliphatic heterocycles. The minimum atomic E-state index is -4.47. The van der Waals surface area contributed by atoms with Crippen molar-refractivity contribution in [2.45, 2.75) is 25.4 Å². The van der Waals surface area contributed by atoms with Crippen molar-refractivity contribution in [2.24, 2.45) is 0 Å². The zero-order valence-electron chi connectivity index (χ0n) is 15.1. The van der Waals surface area contributed by atoms with Crippen molar-refractivity contribution in [3.8, 4) is 5.75 Å². The summed E-state index contributed by atoms with van der Waals surface area (Å²) in [5.41, 5.74) is -0.138.